The van der Waals surface area contributed by atoms with Crippen molar-refractivity contribution >= 4 is 24.2 Å². The van der Waals surface area contributed by atoms with Gasteiger partial charge in [0.1, 0.15) is 0 Å². The van der Waals surface area contributed by atoms with Crippen molar-refractivity contribution in [3.63, 3.8) is 0 Å². The highest BCUT2D eigenvalue weighted by Gasteiger charge is 2.16. The van der Waals surface area contributed by atoms with E-state index in [-0.39, 0.29) is 30.8 Å². The van der Waals surface area contributed by atoms with E-state index in [4.69, 9.17) is 0 Å². The van der Waals surface area contributed by atoms with Crippen LogP contribution in [0.5, 0.6) is 0 Å². The molecule has 0 aromatic heterocycles. The SMILES string of the molecule is CNCCNC(=O)CNC(=O)CCC1CCCC1.Cl. The Labute approximate surface area is 121 Å². The molecular formula is C13H26ClN3O2. The van der Waals surface area contributed by atoms with Crippen LogP contribution in [0.3, 0.4) is 0 Å². The van der Waals surface area contributed by atoms with E-state index in [9.17, 15) is 9.59 Å². The zero-order valence-electron chi connectivity index (χ0n) is 11.7. The van der Waals surface area contributed by atoms with Crippen molar-refractivity contribution in [1.29, 1.82) is 0 Å². The quantitative estimate of drug-likeness (QED) is 0.580. The lowest BCUT2D eigenvalue weighted by molar-refractivity contribution is -0.126. The van der Waals surface area contributed by atoms with E-state index >= 15 is 0 Å². The maximum atomic E-state index is 11.5. The Morgan fingerprint density at radius 2 is 1.74 bits per heavy atom. The number of halogens is 1. The van der Waals surface area contributed by atoms with Gasteiger partial charge in [-0.1, -0.05) is 25.7 Å². The molecule has 6 heteroatoms. The molecule has 0 heterocycles. The fraction of sp³-hybridized carbons (Fsp3) is 0.846. The van der Waals surface area contributed by atoms with Gasteiger partial charge in [-0.15, -0.1) is 12.4 Å². The first kappa shape index (κ1) is 18.2. The lowest BCUT2D eigenvalue weighted by atomic mass is 10.0. The Balaban J connectivity index is 0.00000324. The maximum absolute atomic E-state index is 11.5. The monoisotopic (exact) mass is 291 g/mol. The molecule has 0 aliphatic heterocycles. The Morgan fingerprint density at radius 1 is 1.05 bits per heavy atom. The number of hydrogen-bond donors (Lipinski definition) is 3. The second-order valence-corrected chi connectivity index (χ2v) is 4.92. The molecular weight excluding hydrogens is 266 g/mol. The number of likely N-dealkylation sites (N-methyl/N-ethyl adjacent to an activating group) is 1. The summed E-state index contributed by atoms with van der Waals surface area (Å²) < 4.78 is 0. The summed E-state index contributed by atoms with van der Waals surface area (Å²) in [6, 6.07) is 0. The van der Waals surface area contributed by atoms with Gasteiger partial charge in [0.25, 0.3) is 0 Å². The summed E-state index contributed by atoms with van der Waals surface area (Å²) in [6.45, 7) is 1.42. The molecule has 1 fully saturated rings. The van der Waals surface area contributed by atoms with Gasteiger partial charge in [-0.05, 0) is 19.4 Å². The zero-order chi connectivity index (χ0) is 13.2. The van der Waals surface area contributed by atoms with Crippen molar-refractivity contribution in [2.45, 2.75) is 38.5 Å². The van der Waals surface area contributed by atoms with Crippen LogP contribution in [-0.4, -0.2) is 38.5 Å². The fourth-order valence-corrected chi connectivity index (χ4v) is 2.29. The van der Waals surface area contributed by atoms with Crippen LogP contribution in [0.4, 0.5) is 0 Å². The number of nitrogens with one attached hydrogen (secondary N) is 3. The Bertz CT molecular complexity index is 269. The summed E-state index contributed by atoms with van der Waals surface area (Å²) >= 11 is 0. The molecule has 2 amide bonds. The Morgan fingerprint density at radius 3 is 2.37 bits per heavy atom. The molecule has 0 aromatic carbocycles. The van der Waals surface area contributed by atoms with Gasteiger partial charge in [0, 0.05) is 19.5 Å². The molecule has 0 radical (unpaired) electrons. The lowest BCUT2D eigenvalue weighted by Gasteiger charge is -2.09. The number of rotatable bonds is 8. The molecule has 0 bridgehead atoms. The highest BCUT2D eigenvalue weighted by atomic mass is 35.5. The number of amides is 2. The van der Waals surface area contributed by atoms with Crippen LogP contribution in [0.2, 0.25) is 0 Å². The van der Waals surface area contributed by atoms with Crippen LogP contribution in [0.25, 0.3) is 0 Å². The molecule has 0 saturated heterocycles. The average molecular weight is 292 g/mol. The van der Waals surface area contributed by atoms with Crippen molar-refractivity contribution in [2.75, 3.05) is 26.7 Å². The van der Waals surface area contributed by atoms with Crippen LogP contribution >= 0.6 is 12.4 Å². The van der Waals surface area contributed by atoms with Crippen molar-refractivity contribution in [2.24, 2.45) is 5.92 Å². The summed E-state index contributed by atoms with van der Waals surface area (Å²) in [7, 11) is 1.83. The van der Waals surface area contributed by atoms with Crippen molar-refractivity contribution in [1.82, 2.24) is 16.0 Å². The largest absolute Gasteiger partial charge is 0.353 e. The molecule has 19 heavy (non-hydrogen) atoms. The van der Waals surface area contributed by atoms with Crippen molar-refractivity contribution < 1.29 is 9.59 Å². The van der Waals surface area contributed by atoms with E-state index < -0.39 is 0 Å². The normalized spacial score (nSPS) is 14.8. The third-order valence-corrected chi connectivity index (χ3v) is 3.40. The van der Waals surface area contributed by atoms with E-state index in [2.05, 4.69) is 16.0 Å². The van der Waals surface area contributed by atoms with Crippen LogP contribution in [0.1, 0.15) is 38.5 Å². The number of hydrogen-bond acceptors (Lipinski definition) is 3. The molecule has 0 spiro atoms. The van der Waals surface area contributed by atoms with Gasteiger partial charge in [0.2, 0.25) is 11.8 Å². The minimum Gasteiger partial charge on any atom is -0.353 e. The van der Waals surface area contributed by atoms with Crippen LogP contribution in [0.15, 0.2) is 0 Å². The lowest BCUT2D eigenvalue weighted by Crippen LogP contribution is -2.39. The summed E-state index contributed by atoms with van der Waals surface area (Å²) in [4.78, 5) is 22.9. The maximum Gasteiger partial charge on any atom is 0.239 e. The third-order valence-electron chi connectivity index (χ3n) is 3.40. The molecule has 0 atom stereocenters. The smallest absolute Gasteiger partial charge is 0.239 e. The molecule has 3 N–H and O–H groups in total. The highest BCUT2D eigenvalue weighted by molar-refractivity contribution is 5.85. The minimum atomic E-state index is -0.125. The molecule has 5 nitrogen and oxygen atoms in total. The van der Waals surface area contributed by atoms with Gasteiger partial charge in [0.15, 0.2) is 0 Å². The molecule has 1 aliphatic rings. The van der Waals surface area contributed by atoms with E-state index in [0.29, 0.717) is 13.0 Å². The Kier molecular flexibility index (Phi) is 10.6. The van der Waals surface area contributed by atoms with Crippen molar-refractivity contribution in [3.05, 3.63) is 0 Å². The molecule has 0 aromatic rings. The van der Waals surface area contributed by atoms with E-state index in [1.54, 1.807) is 0 Å². The summed E-state index contributed by atoms with van der Waals surface area (Å²) in [5, 5.41) is 8.32. The second kappa shape index (κ2) is 11.1. The van der Waals surface area contributed by atoms with Gasteiger partial charge in [0.05, 0.1) is 6.54 Å². The number of carbonyl (C=O) groups is 2. The van der Waals surface area contributed by atoms with Crippen LogP contribution in [-0.2, 0) is 9.59 Å². The minimum absolute atomic E-state index is 0. The highest BCUT2D eigenvalue weighted by Crippen LogP contribution is 2.28. The third kappa shape index (κ3) is 8.83. The number of carbonyl (C=O) groups excluding carboxylic acids is 2. The van der Waals surface area contributed by atoms with Gasteiger partial charge >= 0.3 is 0 Å². The predicted octanol–water partition coefficient (Wildman–Crippen LogP) is 0.830. The second-order valence-electron chi connectivity index (χ2n) is 4.92. The zero-order valence-corrected chi connectivity index (χ0v) is 12.5. The van der Waals surface area contributed by atoms with Gasteiger partial charge in [-0.3, -0.25) is 9.59 Å². The van der Waals surface area contributed by atoms with Crippen LogP contribution < -0.4 is 16.0 Å². The standard InChI is InChI=1S/C13H25N3O2.ClH/c1-14-8-9-15-13(18)10-16-12(17)7-6-11-4-2-3-5-11;/h11,14H,2-10H2,1H3,(H,15,18)(H,16,17);1H. The molecule has 1 saturated carbocycles. The summed E-state index contributed by atoms with van der Waals surface area (Å²) in [6.07, 6.45) is 6.65. The first-order valence-corrected chi connectivity index (χ1v) is 6.90. The summed E-state index contributed by atoms with van der Waals surface area (Å²) in [5.74, 6) is 0.588. The van der Waals surface area contributed by atoms with Gasteiger partial charge < -0.3 is 16.0 Å². The predicted molar refractivity (Wildman–Crippen MR) is 78.4 cm³/mol. The topological polar surface area (TPSA) is 70.2 Å². The molecule has 1 rings (SSSR count). The fourth-order valence-electron chi connectivity index (χ4n) is 2.29. The average Bonchev–Trinajstić information content (AvgIpc) is 2.87. The van der Waals surface area contributed by atoms with E-state index in [0.717, 1.165) is 18.9 Å². The van der Waals surface area contributed by atoms with Gasteiger partial charge in [-0.2, -0.15) is 0 Å². The first-order chi connectivity index (χ1) is 8.72. The van der Waals surface area contributed by atoms with Crippen molar-refractivity contribution in [3.8, 4) is 0 Å². The van der Waals surface area contributed by atoms with Gasteiger partial charge in [-0.25, -0.2) is 0 Å². The molecule has 112 valence electrons. The molecule has 0 unspecified atom stereocenters. The Hall–Kier alpha value is -0.810. The first-order valence-electron chi connectivity index (χ1n) is 6.90. The van der Waals surface area contributed by atoms with E-state index in [1.807, 2.05) is 7.05 Å². The van der Waals surface area contributed by atoms with Crippen LogP contribution in [0, 0.1) is 5.92 Å². The summed E-state index contributed by atoms with van der Waals surface area (Å²) in [5.41, 5.74) is 0. The molecule has 1 aliphatic carbocycles. The van der Waals surface area contributed by atoms with E-state index in [1.165, 1.54) is 25.7 Å².